The Kier molecular flexibility index (Phi) is 4.98. The number of benzene rings is 2. The molecule has 26 heavy (non-hydrogen) atoms. The highest BCUT2D eigenvalue weighted by Gasteiger charge is 2.16. The van der Waals surface area contributed by atoms with Crippen molar-refractivity contribution in [2.75, 3.05) is 13.1 Å². The Bertz CT molecular complexity index is 880. The standard InChI is InChI=1S/C22H26N4/c23-12-16-1-4-18(5-2-16)22-14-25-13-19-6-3-17(11-21(19)22)15-26-9-7-20(24)8-10-26/h1-6,11,13-14,20H,7-10,12,15,23-24H2. The summed E-state index contributed by atoms with van der Waals surface area (Å²) in [5, 5.41) is 2.43. The van der Waals surface area contributed by atoms with E-state index >= 15 is 0 Å². The van der Waals surface area contributed by atoms with Gasteiger partial charge >= 0.3 is 0 Å². The van der Waals surface area contributed by atoms with Crippen molar-refractivity contribution < 1.29 is 0 Å². The van der Waals surface area contributed by atoms with Crippen LogP contribution in [0.15, 0.2) is 54.9 Å². The van der Waals surface area contributed by atoms with Crippen molar-refractivity contribution in [2.45, 2.75) is 32.0 Å². The van der Waals surface area contributed by atoms with Crippen LogP contribution < -0.4 is 11.5 Å². The molecule has 4 nitrogen and oxygen atoms in total. The van der Waals surface area contributed by atoms with Crippen LogP contribution in [0.4, 0.5) is 0 Å². The lowest BCUT2D eigenvalue weighted by Crippen LogP contribution is -2.39. The molecule has 0 radical (unpaired) electrons. The predicted octanol–water partition coefficient (Wildman–Crippen LogP) is 3.28. The van der Waals surface area contributed by atoms with Gasteiger partial charge in [-0.15, -0.1) is 0 Å². The molecular weight excluding hydrogens is 320 g/mol. The molecule has 0 unspecified atom stereocenters. The van der Waals surface area contributed by atoms with Gasteiger partial charge in [0.15, 0.2) is 0 Å². The van der Waals surface area contributed by atoms with Crippen LogP contribution in [-0.2, 0) is 13.1 Å². The van der Waals surface area contributed by atoms with Crippen LogP contribution in [-0.4, -0.2) is 29.0 Å². The lowest BCUT2D eigenvalue weighted by atomic mass is 9.98. The van der Waals surface area contributed by atoms with Crippen LogP contribution in [0, 0.1) is 0 Å². The van der Waals surface area contributed by atoms with E-state index in [2.05, 4.69) is 52.3 Å². The maximum atomic E-state index is 6.03. The zero-order valence-electron chi connectivity index (χ0n) is 15.1. The second-order valence-corrected chi connectivity index (χ2v) is 7.26. The fraction of sp³-hybridized carbons (Fsp3) is 0.318. The minimum atomic E-state index is 0.372. The molecule has 0 aliphatic carbocycles. The van der Waals surface area contributed by atoms with Crippen LogP contribution in [0.1, 0.15) is 24.0 Å². The third-order valence-corrected chi connectivity index (χ3v) is 5.36. The molecule has 0 amide bonds. The summed E-state index contributed by atoms with van der Waals surface area (Å²) in [7, 11) is 0. The Labute approximate surface area is 154 Å². The van der Waals surface area contributed by atoms with E-state index in [1.807, 2.05) is 12.4 Å². The minimum absolute atomic E-state index is 0.372. The van der Waals surface area contributed by atoms with Crippen LogP contribution in [0.25, 0.3) is 21.9 Å². The molecule has 4 heteroatoms. The van der Waals surface area contributed by atoms with E-state index in [-0.39, 0.29) is 0 Å². The van der Waals surface area contributed by atoms with Crippen LogP contribution in [0.2, 0.25) is 0 Å². The average molecular weight is 346 g/mol. The van der Waals surface area contributed by atoms with Crippen LogP contribution >= 0.6 is 0 Å². The summed E-state index contributed by atoms with van der Waals surface area (Å²) in [6.45, 7) is 3.72. The largest absolute Gasteiger partial charge is 0.328 e. The van der Waals surface area contributed by atoms with Gasteiger partial charge in [0, 0.05) is 42.5 Å². The first-order valence-electron chi connectivity index (χ1n) is 9.37. The second kappa shape index (κ2) is 7.54. The molecule has 2 heterocycles. The molecule has 0 saturated carbocycles. The number of rotatable bonds is 4. The molecule has 1 saturated heterocycles. The zero-order chi connectivity index (χ0) is 17.9. The van der Waals surface area contributed by atoms with Crippen molar-refractivity contribution in [1.82, 2.24) is 9.88 Å². The van der Waals surface area contributed by atoms with Crippen molar-refractivity contribution in [3.8, 4) is 11.1 Å². The molecule has 1 aliphatic heterocycles. The maximum absolute atomic E-state index is 6.03. The SMILES string of the molecule is NCc1ccc(-c2cncc3ccc(CN4CCC(N)CC4)cc23)cc1. The van der Waals surface area contributed by atoms with Crippen LogP contribution in [0.5, 0.6) is 0 Å². The van der Waals surface area contributed by atoms with E-state index in [1.165, 1.54) is 27.5 Å². The third kappa shape index (κ3) is 3.63. The van der Waals surface area contributed by atoms with E-state index in [0.717, 1.165) is 38.0 Å². The first kappa shape index (κ1) is 17.2. The molecule has 1 aliphatic rings. The summed E-state index contributed by atoms with van der Waals surface area (Å²) < 4.78 is 0. The van der Waals surface area contributed by atoms with Gasteiger partial charge in [0.05, 0.1) is 0 Å². The molecule has 0 atom stereocenters. The number of hydrogen-bond donors (Lipinski definition) is 2. The van der Waals surface area contributed by atoms with Gasteiger partial charge in [0.2, 0.25) is 0 Å². The van der Waals surface area contributed by atoms with E-state index in [0.29, 0.717) is 12.6 Å². The fourth-order valence-corrected chi connectivity index (χ4v) is 3.73. The van der Waals surface area contributed by atoms with Gasteiger partial charge in [-0.2, -0.15) is 0 Å². The average Bonchev–Trinajstić information content (AvgIpc) is 2.69. The number of hydrogen-bond acceptors (Lipinski definition) is 4. The zero-order valence-corrected chi connectivity index (χ0v) is 15.1. The van der Waals surface area contributed by atoms with E-state index in [1.54, 1.807) is 0 Å². The van der Waals surface area contributed by atoms with Crippen molar-refractivity contribution in [1.29, 1.82) is 0 Å². The minimum Gasteiger partial charge on any atom is -0.328 e. The number of aromatic nitrogens is 1. The highest BCUT2D eigenvalue weighted by molar-refractivity contribution is 5.96. The van der Waals surface area contributed by atoms with Crippen molar-refractivity contribution in [2.24, 2.45) is 11.5 Å². The molecular formula is C22H26N4. The van der Waals surface area contributed by atoms with Crippen molar-refractivity contribution in [3.05, 3.63) is 66.0 Å². The van der Waals surface area contributed by atoms with Gasteiger partial charge in [-0.05, 0) is 54.1 Å². The molecule has 134 valence electrons. The predicted molar refractivity (Wildman–Crippen MR) is 108 cm³/mol. The highest BCUT2D eigenvalue weighted by atomic mass is 15.1. The van der Waals surface area contributed by atoms with Gasteiger partial charge < -0.3 is 11.5 Å². The molecule has 1 fully saturated rings. The quantitative estimate of drug-likeness (QED) is 0.761. The van der Waals surface area contributed by atoms with Crippen molar-refractivity contribution in [3.63, 3.8) is 0 Å². The summed E-state index contributed by atoms with van der Waals surface area (Å²) in [6, 6.07) is 15.6. The second-order valence-electron chi connectivity index (χ2n) is 7.26. The summed E-state index contributed by atoms with van der Waals surface area (Å²) in [5.74, 6) is 0. The van der Waals surface area contributed by atoms with E-state index in [9.17, 15) is 0 Å². The molecule has 1 aromatic heterocycles. The number of pyridine rings is 1. The summed E-state index contributed by atoms with van der Waals surface area (Å²) in [4.78, 5) is 6.94. The van der Waals surface area contributed by atoms with Crippen LogP contribution in [0.3, 0.4) is 0 Å². The van der Waals surface area contributed by atoms with Gasteiger partial charge in [0.25, 0.3) is 0 Å². The molecule has 0 bridgehead atoms. The van der Waals surface area contributed by atoms with Crippen molar-refractivity contribution >= 4 is 10.8 Å². The first-order valence-corrected chi connectivity index (χ1v) is 9.37. The molecule has 4 rings (SSSR count). The number of piperidine rings is 1. The Morgan fingerprint density at radius 2 is 1.69 bits per heavy atom. The number of nitrogens with zero attached hydrogens (tertiary/aromatic N) is 2. The lowest BCUT2D eigenvalue weighted by molar-refractivity contribution is 0.206. The van der Waals surface area contributed by atoms with Gasteiger partial charge in [-0.25, -0.2) is 0 Å². The molecule has 4 N–H and O–H groups in total. The number of nitrogens with two attached hydrogens (primary N) is 2. The summed E-state index contributed by atoms with van der Waals surface area (Å²) in [6.07, 6.45) is 6.09. The topological polar surface area (TPSA) is 68.2 Å². The van der Waals surface area contributed by atoms with Gasteiger partial charge in [0.1, 0.15) is 0 Å². The Morgan fingerprint density at radius 3 is 2.42 bits per heavy atom. The summed E-state index contributed by atoms with van der Waals surface area (Å²) in [5.41, 5.74) is 16.6. The Morgan fingerprint density at radius 1 is 0.962 bits per heavy atom. The monoisotopic (exact) mass is 346 g/mol. The Balaban J connectivity index is 1.65. The number of likely N-dealkylation sites (tertiary alicyclic amines) is 1. The number of fused-ring (bicyclic) bond motifs is 1. The van der Waals surface area contributed by atoms with Gasteiger partial charge in [-0.1, -0.05) is 36.4 Å². The molecule has 0 spiro atoms. The smallest absolute Gasteiger partial charge is 0.0352 e. The normalized spacial score (nSPS) is 16.2. The fourth-order valence-electron chi connectivity index (χ4n) is 3.73. The Hall–Kier alpha value is -2.27. The van der Waals surface area contributed by atoms with E-state index < -0.39 is 0 Å². The first-order chi connectivity index (χ1) is 12.7. The maximum Gasteiger partial charge on any atom is 0.0352 e. The lowest BCUT2D eigenvalue weighted by Gasteiger charge is -2.30. The van der Waals surface area contributed by atoms with Gasteiger partial charge in [-0.3, -0.25) is 9.88 Å². The molecule has 2 aromatic carbocycles. The summed E-state index contributed by atoms with van der Waals surface area (Å²) >= 11 is 0. The highest BCUT2D eigenvalue weighted by Crippen LogP contribution is 2.29. The molecule has 3 aromatic rings. The third-order valence-electron chi connectivity index (χ3n) is 5.36. The van der Waals surface area contributed by atoms with E-state index in [4.69, 9.17) is 11.5 Å².